The summed E-state index contributed by atoms with van der Waals surface area (Å²) in [5.41, 5.74) is 2.01. The van der Waals surface area contributed by atoms with Crippen LogP contribution in [0, 0.1) is 0 Å². The number of methoxy groups -OCH3 is 1. The molecular formula is C16H25N3O2. The molecule has 1 saturated heterocycles. The average Bonchev–Trinajstić information content (AvgIpc) is 2.97. The number of likely N-dealkylation sites (tertiary alicyclic amines) is 1. The van der Waals surface area contributed by atoms with E-state index in [0.29, 0.717) is 6.54 Å². The summed E-state index contributed by atoms with van der Waals surface area (Å²) in [6, 6.07) is 8.21. The highest BCUT2D eigenvalue weighted by Crippen LogP contribution is 2.19. The van der Waals surface area contributed by atoms with Crippen LogP contribution in [0.4, 0.5) is 10.5 Å². The smallest absolute Gasteiger partial charge is 0.321 e. The molecule has 5 heteroatoms. The van der Waals surface area contributed by atoms with Crippen molar-refractivity contribution in [2.75, 3.05) is 32.1 Å². The Bertz CT molecular complexity index is 478. The van der Waals surface area contributed by atoms with Crippen LogP contribution in [0.25, 0.3) is 0 Å². The Kier molecular flexibility index (Phi) is 5.59. The lowest BCUT2D eigenvalue weighted by Crippen LogP contribution is -2.33. The number of benzene rings is 1. The number of carbonyl (C=O) groups is 1. The molecule has 2 unspecified atom stereocenters. The van der Waals surface area contributed by atoms with Crippen LogP contribution >= 0.6 is 0 Å². The maximum absolute atomic E-state index is 12.2. The highest BCUT2D eigenvalue weighted by atomic mass is 16.5. The van der Waals surface area contributed by atoms with Crippen LogP contribution in [0.2, 0.25) is 0 Å². The Morgan fingerprint density at radius 3 is 3.00 bits per heavy atom. The zero-order chi connectivity index (χ0) is 15.2. The lowest BCUT2D eigenvalue weighted by Gasteiger charge is -2.18. The Labute approximate surface area is 126 Å². The Hall–Kier alpha value is -1.59. The van der Waals surface area contributed by atoms with Crippen LogP contribution in [0.15, 0.2) is 24.3 Å². The molecule has 0 bridgehead atoms. The van der Waals surface area contributed by atoms with Crippen molar-refractivity contribution in [2.24, 2.45) is 0 Å². The first-order valence-corrected chi connectivity index (χ1v) is 7.56. The van der Waals surface area contributed by atoms with Crippen LogP contribution in [-0.2, 0) is 4.74 Å². The highest BCUT2D eigenvalue weighted by Gasteiger charge is 2.25. The van der Waals surface area contributed by atoms with Gasteiger partial charge in [-0.2, -0.15) is 0 Å². The zero-order valence-electron chi connectivity index (χ0n) is 13.1. The molecule has 2 rings (SSSR count). The number of amides is 2. The van der Waals surface area contributed by atoms with Crippen LogP contribution in [0.3, 0.4) is 0 Å². The number of hydrogen-bond donors (Lipinski definition) is 2. The van der Waals surface area contributed by atoms with Crippen LogP contribution in [-0.4, -0.2) is 43.8 Å². The maximum atomic E-state index is 12.2. The van der Waals surface area contributed by atoms with Gasteiger partial charge in [-0.3, -0.25) is 0 Å². The van der Waals surface area contributed by atoms with E-state index >= 15 is 0 Å². The van der Waals surface area contributed by atoms with Crippen LogP contribution in [0.1, 0.15) is 31.9 Å². The van der Waals surface area contributed by atoms with E-state index in [2.05, 4.69) is 30.5 Å². The van der Waals surface area contributed by atoms with Crippen molar-refractivity contribution in [3.8, 4) is 0 Å². The predicted molar refractivity (Wildman–Crippen MR) is 84.5 cm³/mol. The summed E-state index contributed by atoms with van der Waals surface area (Å²) < 4.78 is 5.29. The SMILES string of the molecule is CCNC(C)c1cccc(NC(=O)N2CCC(OC)C2)c1. The van der Waals surface area contributed by atoms with Crippen molar-refractivity contribution >= 4 is 11.7 Å². The largest absolute Gasteiger partial charge is 0.380 e. The van der Waals surface area contributed by atoms with Crippen molar-refractivity contribution in [2.45, 2.75) is 32.4 Å². The van der Waals surface area contributed by atoms with Gasteiger partial charge >= 0.3 is 6.03 Å². The molecule has 0 radical (unpaired) electrons. The molecule has 5 nitrogen and oxygen atoms in total. The first-order valence-electron chi connectivity index (χ1n) is 7.56. The molecule has 1 aromatic rings. The summed E-state index contributed by atoms with van der Waals surface area (Å²) in [5, 5.41) is 6.34. The van der Waals surface area contributed by atoms with Gasteiger partial charge in [-0.25, -0.2) is 4.79 Å². The molecule has 1 aliphatic rings. The molecule has 0 aromatic heterocycles. The quantitative estimate of drug-likeness (QED) is 0.877. The highest BCUT2D eigenvalue weighted by molar-refractivity contribution is 5.89. The molecular weight excluding hydrogens is 266 g/mol. The molecule has 0 spiro atoms. The molecule has 0 saturated carbocycles. The van der Waals surface area contributed by atoms with E-state index in [-0.39, 0.29) is 18.2 Å². The number of carbonyl (C=O) groups excluding carboxylic acids is 1. The molecule has 0 aliphatic carbocycles. The number of anilines is 1. The standard InChI is InChI=1S/C16H25N3O2/c1-4-17-12(2)13-6-5-7-14(10-13)18-16(20)19-9-8-15(11-19)21-3/h5-7,10,12,15,17H,4,8-9,11H2,1-3H3,(H,18,20). The maximum Gasteiger partial charge on any atom is 0.321 e. The summed E-state index contributed by atoms with van der Waals surface area (Å²) in [7, 11) is 1.69. The van der Waals surface area contributed by atoms with Crippen molar-refractivity contribution in [1.29, 1.82) is 0 Å². The number of rotatable bonds is 5. The van der Waals surface area contributed by atoms with Gasteiger partial charge in [-0.1, -0.05) is 19.1 Å². The van der Waals surface area contributed by atoms with Gasteiger partial charge in [0.1, 0.15) is 0 Å². The van der Waals surface area contributed by atoms with Gasteiger partial charge in [-0.05, 0) is 37.6 Å². The van der Waals surface area contributed by atoms with Crippen molar-refractivity contribution < 1.29 is 9.53 Å². The number of urea groups is 1. The normalized spacial score (nSPS) is 19.6. The summed E-state index contributed by atoms with van der Waals surface area (Å²) in [6.45, 7) is 6.54. The van der Waals surface area contributed by atoms with E-state index in [1.807, 2.05) is 18.2 Å². The van der Waals surface area contributed by atoms with E-state index < -0.39 is 0 Å². The van der Waals surface area contributed by atoms with Gasteiger partial charge < -0.3 is 20.3 Å². The molecule has 1 aliphatic heterocycles. The zero-order valence-corrected chi connectivity index (χ0v) is 13.1. The third-order valence-electron chi connectivity index (χ3n) is 3.91. The Balaban J connectivity index is 1.96. The Morgan fingerprint density at radius 2 is 2.33 bits per heavy atom. The minimum atomic E-state index is -0.0530. The number of nitrogens with one attached hydrogen (secondary N) is 2. The minimum Gasteiger partial charge on any atom is -0.380 e. The molecule has 2 atom stereocenters. The molecule has 21 heavy (non-hydrogen) atoms. The van der Waals surface area contributed by atoms with Gasteiger partial charge in [0.2, 0.25) is 0 Å². The van der Waals surface area contributed by atoms with Gasteiger partial charge in [-0.15, -0.1) is 0 Å². The van der Waals surface area contributed by atoms with Gasteiger partial charge in [0.25, 0.3) is 0 Å². The molecule has 1 fully saturated rings. The van der Waals surface area contributed by atoms with Gasteiger partial charge in [0, 0.05) is 31.9 Å². The minimum absolute atomic E-state index is 0.0530. The predicted octanol–water partition coefficient (Wildman–Crippen LogP) is 2.61. The fourth-order valence-electron chi connectivity index (χ4n) is 2.62. The number of hydrogen-bond acceptors (Lipinski definition) is 3. The third kappa shape index (κ3) is 4.19. The van der Waals surface area contributed by atoms with Crippen LogP contribution in [0.5, 0.6) is 0 Å². The summed E-state index contributed by atoms with van der Waals surface area (Å²) in [6.07, 6.45) is 1.07. The number of ether oxygens (including phenoxy) is 1. The molecule has 2 amide bonds. The molecule has 1 aromatic carbocycles. The molecule has 1 heterocycles. The van der Waals surface area contributed by atoms with Crippen molar-refractivity contribution in [3.05, 3.63) is 29.8 Å². The summed E-state index contributed by atoms with van der Waals surface area (Å²) >= 11 is 0. The molecule has 116 valence electrons. The Morgan fingerprint density at radius 1 is 1.52 bits per heavy atom. The fraction of sp³-hybridized carbons (Fsp3) is 0.562. The topological polar surface area (TPSA) is 53.6 Å². The first-order chi connectivity index (χ1) is 10.1. The summed E-state index contributed by atoms with van der Waals surface area (Å²) in [5.74, 6) is 0. The lowest BCUT2D eigenvalue weighted by atomic mass is 10.1. The second-order valence-corrected chi connectivity index (χ2v) is 5.43. The van der Waals surface area contributed by atoms with Crippen molar-refractivity contribution in [1.82, 2.24) is 10.2 Å². The van der Waals surface area contributed by atoms with Crippen molar-refractivity contribution in [3.63, 3.8) is 0 Å². The first kappa shape index (κ1) is 15.8. The second-order valence-electron chi connectivity index (χ2n) is 5.43. The average molecular weight is 291 g/mol. The van der Waals surface area contributed by atoms with E-state index in [9.17, 15) is 4.79 Å². The van der Waals surface area contributed by atoms with Gasteiger partial charge in [0.05, 0.1) is 6.10 Å². The van der Waals surface area contributed by atoms with Gasteiger partial charge in [0.15, 0.2) is 0 Å². The van der Waals surface area contributed by atoms with Crippen LogP contribution < -0.4 is 10.6 Å². The van der Waals surface area contributed by atoms with E-state index in [1.165, 1.54) is 5.56 Å². The fourth-order valence-corrected chi connectivity index (χ4v) is 2.62. The van der Waals surface area contributed by atoms with E-state index in [1.54, 1.807) is 12.0 Å². The molecule has 2 N–H and O–H groups in total. The van der Waals surface area contributed by atoms with E-state index in [4.69, 9.17) is 4.74 Å². The monoisotopic (exact) mass is 291 g/mol. The third-order valence-corrected chi connectivity index (χ3v) is 3.91. The number of nitrogens with zero attached hydrogens (tertiary/aromatic N) is 1. The second kappa shape index (κ2) is 7.43. The summed E-state index contributed by atoms with van der Waals surface area (Å²) in [4.78, 5) is 14.0. The lowest BCUT2D eigenvalue weighted by molar-refractivity contribution is 0.111. The van der Waals surface area contributed by atoms with E-state index in [0.717, 1.165) is 25.2 Å².